The summed E-state index contributed by atoms with van der Waals surface area (Å²) in [4.78, 5) is 0. The van der Waals surface area contributed by atoms with E-state index in [9.17, 15) is 0 Å². The van der Waals surface area contributed by atoms with Crippen molar-refractivity contribution < 1.29 is 98.6 Å². The minimum Gasteiger partial charge on any atom is -2.00 e. The van der Waals surface area contributed by atoms with Crippen LogP contribution in [0.4, 0.5) is 0 Å². The van der Waals surface area contributed by atoms with E-state index < -0.39 is 0 Å². The second-order valence-corrected chi connectivity index (χ2v) is 0. The molecule has 0 bridgehead atoms. The molecule has 54 valence electrons. The van der Waals surface area contributed by atoms with Gasteiger partial charge < -0.3 is 27.4 Å². The van der Waals surface area contributed by atoms with E-state index in [4.69, 9.17) is 0 Å². The zero-order valence-corrected chi connectivity index (χ0v) is 8.85. The number of hydrogen-bond donors (Lipinski definition) is 0. The fourth-order valence-corrected chi connectivity index (χ4v) is 0. The maximum absolute atomic E-state index is 0. The van der Waals surface area contributed by atoms with E-state index in [1.54, 1.807) is 0 Å². The van der Waals surface area contributed by atoms with E-state index >= 15 is 0 Å². The maximum Gasteiger partial charge on any atom is 5.00 e. The Labute approximate surface area is 98.0 Å². The van der Waals surface area contributed by atoms with Gasteiger partial charge in [-0.05, 0) is 0 Å². The number of rotatable bonds is 0. The summed E-state index contributed by atoms with van der Waals surface area (Å²) in [7, 11) is 0. The molecule has 0 aromatic carbocycles. The number of hydrogen-bond acceptors (Lipinski definition) is 0. The fraction of sp³-hybridized carbons (Fsp3) is 0. The zero-order valence-electron chi connectivity index (χ0n) is 3.69. The van der Waals surface area contributed by atoms with Crippen LogP contribution in [0.25, 0.3) is 0 Å². The normalized spacial score (nSPS) is 0. The molecule has 0 aliphatic rings. The van der Waals surface area contributed by atoms with Gasteiger partial charge in [0.1, 0.15) is 0 Å². The molecular weight excluding hydrogens is 292 g/mol. The Balaban J connectivity index is 0. The summed E-state index contributed by atoms with van der Waals surface area (Å²) in [5.41, 5.74) is 0. The van der Waals surface area contributed by atoms with E-state index in [1.165, 1.54) is 0 Å². The Morgan fingerprint density at radius 3 is 0.333 bits per heavy atom. The van der Waals surface area contributed by atoms with Crippen molar-refractivity contribution in [1.29, 1.82) is 0 Å². The van der Waals surface area contributed by atoms with Crippen LogP contribution in [-0.4, -0.2) is 0 Å². The molecule has 0 saturated heterocycles. The third kappa shape index (κ3) is 159. The molecule has 0 aliphatic carbocycles. The van der Waals surface area contributed by atoms with Gasteiger partial charge in [0.25, 0.3) is 0 Å². The maximum atomic E-state index is 0. The van der Waals surface area contributed by atoms with Crippen LogP contribution in [0.3, 0.4) is 0 Å². The zero-order chi connectivity index (χ0) is 0. The monoisotopic (exact) mass is 292 g/mol. The van der Waals surface area contributed by atoms with Crippen LogP contribution in [0, 0.1) is 0 Å². The standard InChI is InChI=1S/2Mn.5O.2V/q;;5*-2;2*+5. The smallest absolute Gasteiger partial charge is 2.00 e. The predicted molar refractivity (Wildman–Crippen MR) is 3.43 cm³/mol. The van der Waals surface area contributed by atoms with Gasteiger partial charge in [0, 0.05) is 34.1 Å². The van der Waals surface area contributed by atoms with Gasteiger partial charge in [-0.2, -0.15) is 0 Å². The predicted octanol–water partition coefficient (Wildman–Crippen LogP) is -0.604. The second kappa shape index (κ2) is 201. The molecular formula is Mn2O5V2. The van der Waals surface area contributed by atoms with Crippen LogP contribution in [0.5, 0.6) is 0 Å². The minimum absolute atomic E-state index is 0. The first kappa shape index (κ1) is 273. The van der Waals surface area contributed by atoms with Crippen molar-refractivity contribution in [2.24, 2.45) is 0 Å². The van der Waals surface area contributed by atoms with Gasteiger partial charge in [0.2, 0.25) is 0 Å². The molecule has 0 saturated carbocycles. The van der Waals surface area contributed by atoms with Crippen molar-refractivity contribution >= 4 is 0 Å². The van der Waals surface area contributed by atoms with Crippen molar-refractivity contribution in [3.8, 4) is 0 Å². The van der Waals surface area contributed by atoms with Crippen molar-refractivity contribution in [1.82, 2.24) is 0 Å². The molecule has 0 atom stereocenters. The summed E-state index contributed by atoms with van der Waals surface area (Å²) in [6.45, 7) is 0. The van der Waals surface area contributed by atoms with E-state index in [0.717, 1.165) is 0 Å². The Bertz CT molecular complexity index is 12.9. The van der Waals surface area contributed by atoms with Gasteiger partial charge in [-0.25, -0.2) is 0 Å². The van der Waals surface area contributed by atoms with E-state index in [2.05, 4.69) is 0 Å². The summed E-state index contributed by atoms with van der Waals surface area (Å²) < 4.78 is 0. The third-order valence-corrected chi connectivity index (χ3v) is 0. The Kier molecular flexibility index (Phi) is 6120. The first-order valence-electron chi connectivity index (χ1n) is 0. The molecule has 0 rings (SSSR count). The molecule has 0 spiro atoms. The fourth-order valence-electron chi connectivity index (χ4n) is 0. The first-order valence-corrected chi connectivity index (χ1v) is 0. The SMILES string of the molecule is [Mn].[Mn].[O-2].[O-2].[O-2].[O-2].[O-2].[V+5].[V+5]. The average Bonchev–Trinajstić information content (AvgIpc) is 0. The van der Waals surface area contributed by atoms with E-state index in [1.807, 2.05) is 0 Å². The van der Waals surface area contributed by atoms with Crippen LogP contribution in [0.1, 0.15) is 0 Å². The summed E-state index contributed by atoms with van der Waals surface area (Å²) in [6.07, 6.45) is 0. The van der Waals surface area contributed by atoms with Crippen LogP contribution in [0.2, 0.25) is 0 Å². The van der Waals surface area contributed by atoms with Gasteiger partial charge in [-0.1, -0.05) is 0 Å². The average molecular weight is 292 g/mol. The van der Waals surface area contributed by atoms with Gasteiger partial charge >= 0.3 is 37.1 Å². The molecule has 0 amide bonds. The second-order valence-electron chi connectivity index (χ2n) is 0. The van der Waals surface area contributed by atoms with Crippen molar-refractivity contribution in [2.75, 3.05) is 0 Å². The molecule has 0 aromatic rings. The molecule has 0 heterocycles. The van der Waals surface area contributed by atoms with Gasteiger partial charge in [-0.3, -0.25) is 0 Å². The largest absolute Gasteiger partial charge is 5.00 e. The molecule has 9 heavy (non-hydrogen) atoms. The van der Waals surface area contributed by atoms with Crippen molar-refractivity contribution in [3.05, 3.63) is 0 Å². The molecule has 0 aromatic heterocycles. The van der Waals surface area contributed by atoms with Gasteiger partial charge in [0.05, 0.1) is 0 Å². The molecule has 2 radical (unpaired) electrons. The molecule has 0 fully saturated rings. The molecule has 0 unspecified atom stereocenters. The Hall–Kier alpha value is 2.01. The quantitative estimate of drug-likeness (QED) is 0.525. The summed E-state index contributed by atoms with van der Waals surface area (Å²) in [5.74, 6) is 0. The Morgan fingerprint density at radius 1 is 0.333 bits per heavy atom. The van der Waals surface area contributed by atoms with Crippen molar-refractivity contribution in [2.45, 2.75) is 0 Å². The van der Waals surface area contributed by atoms with Gasteiger partial charge in [-0.15, -0.1) is 0 Å². The van der Waals surface area contributed by atoms with Crippen LogP contribution >= 0.6 is 0 Å². The first-order chi connectivity index (χ1) is 0. The molecule has 9 heteroatoms. The summed E-state index contributed by atoms with van der Waals surface area (Å²) in [5, 5.41) is 0. The minimum atomic E-state index is 0. The molecule has 5 nitrogen and oxygen atoms in total. The van der Waals surface area contributed by atoms with Crippen molar-refractivity contribution in [3.63, 3.8) is 0 Å². The summed E-state index contributed by atoms with van der Waals surface area (Å²) >= 11 is 0. The van der Waals surface area contributed by atoms with E-state index in [0.29, 0.717) is 0 Å². The van der Waals surface area contributed by atoms with E-state index in [-0.39, 0.29) is 98.6 Å². The van der Waals surface area contributed by atoms with Gasteiger partial charge in [0.15, 0.2) is 0 Å². The molecule has 0 aliphatic heterocycles. The Morgan fingerprint density at radius 2 is 0.333 bits per heavy atom. The van der Waals surface area contributed by atoms with Crippen LogP contribution in [-0.2, 0) is 98.6 Å². The topological polar surface area (TPSA) is 142 Å². The van der Waals surface area contributed by atoms with Crippen LogP contribution in [0.15, 0.2) is 0 Å². The third-order valence-electron chi connectivity index (χ3n) is 0. The van der Waals surface area contributed by atoms with Crippen LogP contribution < -0.4 is 0 Å². The summed E-state index contributed by atoms with van der Waals surface area (Å²) in [6, 6.07) is 0. The molecule has 0 N–H and O–H groups in total.